The van der Waals surface area contributed by atoms with Crippen LogP contribution in [0.2, 0.25) is 0 Å². The molecule has 124 valence electrons. The lowest BCUT2D eigenvalue weighted by Crippen LogP contribution is -2.09. The van der Waals surface area contributed by atoms with Gasteiger partial charge < -0.3 is 4.74 Å². The Morgan fingerprint density at radius 3 is 2.67 bits per heavy atom. The molecule has 0 radical (unpaired) electrons. The van der Waals surface area contributed by atoms with Gasteiger partial charge >= 0.3 is 5.97 Å². The van der Waals surface area contributed by atoms with Crippen LogP contribution in [-0.2, 0) is 4.74 Å². The number of hydrogen-bond acceptors (Lipinski definition) is 4. The SMILES string of the molecule is CCCOC(=O)c1cc(-c2ccccc2)nc2c1cnn2C(C)C. The smallest absolute Gasteiger partial charge is 0.339 e. The van der Waals surface area contributed by atoms with E-state index in [2.05, 4.69) is 5.10 Å². The maximum absolute atomic E-state index is 12.5. The quantitative estimate of drug-likeness (QED) is 0.659. The molecule has 3 aromatic rings. The highest BCUT2D eigenvalue weighted by molar-refractivity contribution is 6.03. The average molecular weight is 323 g/mol. The topological polar surface area (TPSA) is 57.0 Å². The van der Waals surface area contributed by atoms with Gasteiger partial charge in [0, 0.05) is 11.6 Å². The monoisotopic (exact) mass is 323 g/mol. The third-order valence-corrected chi connectivity index (χ3v) is 3.78. The largest absolute Gasteiger partial charge is 0.462 e. The van der Waals surface area contributed by atoms with E-state index < -0.39 is 0 Å². The fourth-order valence-electron chi connectivity index (χ4n) is 2.59. The van der Waals surface area contributed by atoms with Gasteiger partial charge in [-0.3, -0.25) is 0 Å². The molecule has 0 spiro atoms. The van der Waals surface area contributed by atoms with Gasteiger partial charge in [0.2, 0.25) is 0 Å². The number of aromatic nitrogens is 3. The molecule has 2 heterocycles. The number of esters is 1. The summed E-state index contributed by atoms with van der Waals surface area (Å²) < 4.78 is 7.17. The zero-order valence-corrected chi connectivity index (χ0v) is 14.2. The minimum atomic E-state index is -0.329. The van der Waals surface area contributed by atoms with Gasteiger partial charge in [0.1, 0.15) is 0 Å². The molecule has 5 nitrogen and oxygen atoms in total. The molecule has 0 aliphatic rings. The second-order valence-corrected chi connectivity index (χ2v) is 5.98. The van der Waals surface area contributed by atoms with E-state index in [4.69, 9.17) is 9.72 Å². The highest BCUT2D eigenvalue weighted by Gasteiger charge is 2.19. The fraction of sp³-hybridized carbons (Fsp3) is 0.316. The van der Waals surface area contributed by atoms with Gasteiger partial charge in [-0.15, -0.1) is 0 Å². The fourth-order valence-corrected chi connectivity index (χ4v) is 2.59. The molecule has 0 aliphatic carbocycles. The first-order valence-electron chi connectivity index (χ1n) is 8.22. The van der Waals surface area contributed by atoms with E-state index >= 15 is 0 Å². The number of ether oxygens (including phenoxy) is 1. The van der Waals surface area contributed by atoms with Gasteiger partial charge in [0.05, 0.1) is 29.4 Å². The first-order valence-corrected chi connectivity index (χ1v) is 8.22. The molecule has 0 fully saturated rings. The third kappa shape index (κ3) is 3.02. The zero-order chi connectivity index (χ0) is 17.1. The van der Waals surface area contributed by atoms with E-state index in [-0.39, 0.29) is 12.0 Å². The summed E-state index contributed by atoms with van der Waals surface area (Å²) in [5.74, 6) is -0.329. The molecule has 3 rings (SSSR count). The van der Waals surface area contributed by atoms with Crippen LogP contribution < -0.4 is 0 Å². The van der Waals surface area contributed by atoms with Crippen molar-refractivity contribution in [2.24, 2.45) is 0 Å². The van der Waals surface area contributed by atoms with Crippen LogP contribution in [0.4, 0.5) is 0 Å². The van der Waals surface area contributed by atoms with Crippen LogP contribution in [0.25, 0.3) is 22.3 Å². The maximum atomic E-state index is 12.5. The zero-order valence-electron chi connectivity index (χ0n) is 14.2. The summed E-state index contributed by atoms with van der Waals surface area (Å²) in [5, 5.41) is 5.13. The Morgan fingerprint density at radius 2 is 2.00 bits per heavy atom. The molecule has 2 aromatic heterocycles. The number of benzene rings is 1. The Hall–Kier alpha value is -2.69. The minimum Gasteiger partial charge on any atom is -0.462 e. The molecule has 0 N–H and O–H groups in total. The molecule has 0 saturated heterocycles. The van der Waals surface area contributed by atoms with Crippen molar-refractivity contribution in [3.05, 3.63) is 48.2 Å². The van der Waals surface area contributed by atoms with Crippen molar-refractivity contribution in [2.45, 2.75) is 33.2 Å². The van der Waals surface area contributed by atoms with Crippen molar-refractivity contribution in [3.8, 4) is 11.3 Å². The Balaban J connectivity index is 2.19. The molecule has 5 heteroatoms. The van der Waals surface area contributed by atoms with Crippen molar-refractivity contribution in [1.82, 2.24) is 14.8 Å². The van der Waals surface area contributed by atoms with Gasteiger partial charge in [-0.05, 0) is 26.3 Å². The maximum Gasteiger partial charge on any atom is 0.339 e. The average Bonchev–Trinajstić information content (AvgIpc) is 3.03. The van der Waals surface area contributed by atoms with Crippen molar-refractivity contribution < 1.29 is 9.53 Å². The Labute approximate surface area is 141 Å². The van der Waals surface area contributed by atoms with Crippen molar-refractivity contribution in [1.29, 1.82) is 0 Å². The van der Waals surface area contributed by atoms with E-state index in [1.54, 1.807) is 12.3 Å². The first kappa shape index (κ1) is 16.2. The number of nitrogens with zero attached hydrogens (tertiary/aromatic N) is 3. The molecule has 0 saturated carbocycles. The van der Waals surface area contributed by atoms with Gasteiger partial charge in [-0.25, -0.2) is 14.5 Å². The lowest BCUT2D eigenvalue weighted by Gasteiger charge is -2.10. The summed E-state index contributed by atoms with van der Waals surface area (Å²) in [4.78, 5) is 17.2. The van der Waals surface area contributed by atoms with E-state index in [0.29, 0.717) is 17.8 Å². The number of carbonyl (C=O) groups excluding carboxylic acids is 1. The van der Waals surface area contributed by atoms with Gasteiger partial charge in [-0.2, -0.15) is 5.10 Å². The Morgan fingerprint density at radius 1 is 1.25 bits per heavy atom. The molecule has 1 aromatic carbocycles. The molecular formula is C19H21N3O2. The molecular weight excluding hydrogens is 302 g/mol. The van der Waals surface area contributed by atoms with Gasteiger partial charge in [0.15, 0.2) is 5.65 Å². The number of pyridine rings is 1. The summed E-state index contributed by atoms with van der Waals surface area (Å²) in [7, 11) is 0. The number of fused-ring (bicyclic) bond motifs is 1. The van der Waals surface area contributed by atoms with E-state index in [9.17, 15) is 4.79 Å². The standard InChI is InChI=1S/C19H21N3O2/c1-4-10-24-19(23)15-11-17(14-8-6-5-7-9-14)21-18-16(15)12-20-22(18)13(2)3/h5-9,11-13H,4,10H2,1-3H3. The van der Waals surface area contributed by atoms with Crippen LogP contribution in [0.1, 0.15) is 43.6 Å². The molecule has 0 aliphatic heterocycles. The van der Waals surface area contributed by atoms with Gasteiger partial charge in [-0.1, -0.05) is 37.3 Å². The predicted molar refractivity (Wildman–Crippen MR) is 93.9 cm³/mol. The lowest BCUT2D eigenvalue weighted by molar-refractivity contribution is 0.0507. The second kappa shape index (κ2) is 6.83. The summed E-state index contributed by atoms with van der Waals surface area (Å²) >= 11 is 0. The molecule has 0 unspecified atom stereocenters. The van der Waals surface area contributed by atoms with Crippen molar-refractivity contribution in [2.75, 3.05) is 6.61 Å². The third-order valence-electron chi connectivity index (χ3n) is 3.78. The Kier molecular flexibility index (Phi) is 4.60. The second-order valence-electron chi connectivity index (χ2n) is 5.98. The molecule has 24 heavy (non-hydrogen) atoms. The summed E-state index contributed by atoms with van der Waals surface area (Å²) in [5.41, 5.74) is 2.92. The van der Waals surface area contributed by atoms with E-state index in [1.165, 1.54) is 0 Å². The van der Waals surface area contributed by atoms with Crippen LogP contribution in [0.5, 0.6) is 0 Å². The van der Waals surface area contributed by atoms with Crippen LogP contribution in [-0.4, -0.2) is 27.3 Å². The number of carbonyl (C=O) groups is 1. The lowest BCUT2D eigenvalue weighted by atomic mass is 10.1. The van der Waals surface area contributed by atoms with Crippen LogP contribution in [0, 0.1) is 0 Å². The Bertz CT molecular complexity index is 854. The molecule has 0 bridgehead atoms. The van der Waals surface area contributed by atoms with Crippen molar-refractivity contribution in [3.63, 3.8) is 0 Å². The first-order chi connectivity index (χ1) is 11.6. The van der Waals surface area contributed by atoms with Crippen LogP contribution in [0.3, 0.4) is 0 Å². The minimum absolute atomic E-state index is 0.153. The predicted octanol–water partition coefficient (Wildman–Crippen LogP) is 4.25. The summed E-state index contributed by atoms with van der Waals surface area (Å²) in [6.07, 6.45) is 2.48. The van der Waals surface area contributed by atoms with E-state index in [0.717, 1.165) is 23.1 Å². The molecule has 0 atom stereocenters. The number of hydrogen-bond donors (Lipinski definition) is 0. The van der Waals surface area contributed by atoms with Crippen LogP contribution >= 0.6 is 0 Å². The van der Waals surface area contributed by atoms with E-state index in [1.807, 2.05) is 55.8 Å². The van der Waals surface area contributed by atoms with Crippen molar-refractivity contribution >= 4 is 17.0 Å². The normalized spacial score (nSPS) is 11.2. The summed E-state index contributed by atoms with van der Waals surface area (Å²) in [6, 6.07) is 11.8. The van der Waals surface area contributed by atoms with Gasteiger partial charge in [0.25, 0.3) is 0 Å². The van der Waals surface area contributed by atoms with Crippen LogP contribution in [0.15, 0.2) is 42.6 Å². The molecule has 0 amide bonds. The highest BCUT2D eigenvalue weighted by atomic mass is 16.5. The number of rotatable bonds is 5. The highest BCUT2D eigenvalue weighted by Crippen LogP contribution is 2.26. The summed E-state index contributed by atoms with van der Waals surface area (Å²) in [6.45, 7) is 6.46.